The van der Waals surface area contributed by atoms with E-state index in [1.54, 1.807) is 17.2 Å². The van der Waals surface area contributed by atoms with Gasteiger partial charge in [0.05, 0.1) is 6.10 Å². The number of amides is 1. The monoisotopic (exact) mass is 327 g/mol. The number of aromatic nitrogens is 2. The summed E-state index contributed by atoms with van der Waals surface area (Å²) in [6, 6.07) is 11.7. The number of piperidine rings is 1. The molecule has 3 rings (SSSR count). The van der Waals surface area contributed by atoms with Gasteiger partial charge < -0.3 is 10.0 Å². The number of nitrogens with zero attached hydrogens (tertiary/aromatic N) is 3. The Morgan fingerprint density at radius 1 is 1.25 bits per heavy atom. The quantitative estimate of drug-likeness (QED) is 0.897. The number of benzene rings is 1. The molecule has 0 aliphatic carbocycles. The molecular formula is C18H21N3O3. The van der Waals surface area contributed by atoms with Crippen LogP contribution in [0.5, 0.6) is 0 Å². The number of likely N-dealkylation sites (tertiary alicyclic amines) is 1. The van der Waals surface area contributed by atoms with Crippen LogP contribution in [0, 0.1) is 5.92 Å². The number of aliphatic hydroxyl groups excluding tert-OH is 1. The second-order valence-electron chi connectivity index (χ2n) is 6.18. The van der Waals surface area contributed by atoms with Crippen LogP contribution in [-0.2, 0) is 17.8 Å². The van der Waals surface area contributed by atoms with Gasteiger partial charge in [-0.25, -0.2) is 9.78 Å². The van der Waals surface area contributed by atoms with Crippen LogP contribution in [0.25, 0.3) is 0 Å². The van der Waals surface area contributed by atoms with Crippen molar-refractivity contribution in [2.45, 2.75) is 25.5 Å². The van der Waals surface area contributed by atoms with Gasteiger partial charge in [-0.3, -0.25) is 9.36 Å². The molecule has 0 radical (unpaired) electrons. The fourth-order valence-corrected chi connectivity index (χ4v) is 3.11. The summed E-state index contributed by atoms with van der Waals surface area (Å²) in [6.07, 6.45) is 3.97. The van der Waals surface area contributed by atoms with E-state index in [1.165, 1.54) is 16.3 Å². The molecule has 2 aromatic rings. The SMILES string of the molecule is O=C(Cn1cccnc1=O)N1CC[C@H](Cc2ccccc2)[C@@H](O)C1. The second kappa shape index (κ2) is 7.40. The number of rotatable bonds is 4. The summed E-state index contributed by atoms with van der Waals surface area (Å²) in [5, 5.41) is 10.4. The number of β-amino-alcohol motifs (C(OH)–C–C–N with tert-alkyl or cyclic N) is 1. The van der Waals surface area contributed by atoms with Gasteiger partial charge in [0.25, 0.3) is 0 Å². The molecule has 24 heavy (non-hydrogen) atoms. The molecule has 6 nitrogen and oxygen atoms in total. The van der Waals surface area contributed by atoms with E-state index in [1.807, 2.05) is 18.2 Å². The van der Waals surface area contributed by atoms with E-state index in [0.29, 0.717) is 13.1 Å². The number of hydrogen-bond donors (Lipinski definition) is 1. The molecule has 1 aliphatic heterocycles. The first-order valence-electron chi connectivity index (χ1n) is 8.14. The van der Waals surface area contributed by atoms with Crippen LogP contribution >= 0.6 is 0 Å². The molecule has 2 heterocycles. The van der Waals surface area contributed by atoms with Crippen LogP contribution in [0.1, 0.15) is 12.0 Å². The van der Waals surface area contributed by atoms with Crippen molar-refractivity contribution in [2.24, 2.45) is 5.92 Å². The summed E-state index contributed by atoms with van der Waals surface area (Å²) in [4.78, 5) is 29.2. The smallest absolute Gasteiger partial charge is 0.347 e. The van der Waals surface area contributed by atoms with Gasteiger partial charge in [-0.15, -0.1) is 0 Å². The zero-order valence-electron chi connectivity index (χ0n) is 13.4. The predicted molar refractivity (Wildman–Crippen MR) is 89.3 cm³/mol. The molecule has 1 fully saturated rings. The normalized spacial score (nSPS) is 20.8. The second-order valence-corrected chi connectivity index (χ2v) is 6.18. The molecule has 1 N–H and O–H groups in total. The Balaban J connectivity index is 1.58. The highest BCUT2D eigenvalue weighted by Crippen LogP contribution is 2.22. The van der Waals surface area contributed by atoms with Gasteiger partial charge in [-0.1, -0.05) is 30.3 Å². The average Bonchev–Trinajstić information content (AvgIpc) is 2.59. The summed E-state index contributed by atoms with van der Waals surface area (Å²) in [5.41, 5.74) is 0.758. The first kappa shape index (κ1) is 16.4. The Labute approximate surface area is 140 Å². The molecule has 1 aromatic heterocycles. The molecule has 0 unspecified atom stereocenters. The van der Waals surface area contributed by atoms with E-state index in [-0.39, 0.29) is 18.4 Å². The van der Waals surface area contributed by atoms with Crippen LogP contribution < -0.4 is 5.69 Å². The van der Waals surface area contributed by atoms with E-state index in [9.17, 15) is 14.7 Å². The van der Waals surface area contributed by atoms with Crippen LogP contribution in [0.4, 0.5) is 0 Å². The molecule has 0 bridgehead atoms. The maximum atomic E-state index is 12.4. The fraction of sp³-hybridized carbons (Fsp3) is 0.389. The van der Waals surface area contributed by atoms with Gasteiger partial charge in [0.1, 0.15) is 6.54 Å². The fourth-order valence-electron chi connectivity index (χ4n) is 3.11. The minimum Gasteiger partial charge on any atom is -0.391 e. The standard InChI is InChI=1S/C18H21N3O3/c22-16-12-20(17(23)13-21-9-4-8-19-18(21)24)10-7-15(16)11-14-5-2-1-3-6-14/h1-6,8-9,15-16,22H,7,10-13H2/t15-,16+/m1/s1. The predicted octanol–water partition coefficient (Wildman–Crippen LogP) is 0.695. The van der Waals surface area contributed by atoms with Gasteiger partial charge >= 0.3 is 5.69 Å². The van der Waals surface area contributed by atoms with Crippen LogP contribution in [0.3, 0.4) is 0 Å². The summed E-state index contributed by atoms with van der Waals surface area (Å²) >= 11 is 0. The van der Waals surface area contributed by atoms with Crippen LogP contribution in [-0.4, -0.2) is 44.7 Å². The molecule has 2 atom stereocenters. The lowest BCUT2D eigenvalue weighted by atomic mass is 9.88. The molecule has 126 valence electrons. The number of aliphatic hydroxyl groups is 1. The van der Waals surface area contributed by atoms with Crippen molar-refractivity contribution >= 4 is 5.91 Å². The van der Waals surface area contributed by atoms with Crippen molar-refractivity contribution in [1.29, 1.82) is 0 Å². The maximum absolute atomic E-state index is 12.4. The van der Waals surface area contributed by atoms with Crippen LogP contribution in [0.2, 0.25) is 0 Å². The van der Waals surface area contributed by atoms with Crippen molar-refractivity contribution in [3.63, 3.8) is 0 Å². The summed E-state index contributed by atoms with van der Waals surface area (Å²) in [6.45, 7) is 0.872. The summed E-state index contributed by atoms with van der Waals surface area (Å²) < 4.78 is 1.28. The van der Waals surface area contributed by atoms with Gasteiger partial charge in [0, 0.05) is 25.5 Å². The van der Waals surface area contributed by atoms with Crippen molar-refractivity contribution in [3.8, 4) is 0 Å². The topological polar surface area (TPSA) is 75.4 Å². The van der Waals surface area contributed by atoms with Gasteiger partial charge in [0.15, 0.2) is 0 Å². The molecule has 1 aliphatic rings. The third kappa shape index (κ3) is 3.89. The Morgan fingerprint density at radius 2 is 2.04 bits per heavy atom. The average molecular weight is 327 g/mol. The minimum atomic E-state index is -0.548. The Hall–Kier alpha value is -2.47. The summed E-state index contributed by atoms with van der Waals surface area (Å²) in [7, 11) is 0. The lowest BCUT2D eigenvalue weighted by Crippen LogP contribution is -2.48. The lowest BCUT2D eigenvalue weighted by Gasteiger charge is -2.36. The zero-order valence-corrected chi connectivity index (χ0v) is 13.4. The number of carbonyl (C=O) groups excluding carboxylic acids is 1. The van der Waals surface area contributed by atoms with E-state index in [0.717, 1.165) is 12.8 Å². The largest absolute Gasteiger partial charge is 0.391 e. The maximum Gasteiger partial charge on any atom is 0.347 e. The molecule has 1 saturated heterocycles. The van der Waals surface area contributed by atoms with E-state index in [4.69, 9.17) is 0 Å². The Morgan fingerprint density at radius 3 is 2.75 bits per heavy atom. The van der Waals surface area contributed by atoms with Crippen LogP contribution in [0.15, 0.2) is 53.6 Å². The summed E-state index contributed by atoms with van der Waals surface area (Å²) in [5.74, 6) is -0.0140. The third-order valence-electron chi connectivity index (χ3n) is 4.50. The molecular weight excluding hydrogens is 306 g/mol. The van der Waals surface area contributed by atoms with E-state index < -0.39 is 11.8 Å². The Bertz CT molecular complexity index is 744. The molecule has 0 saturated carbocycles. The highest BCUT2D eigenvalue weighted by molar-refractivity contribution is 5.76. The lowest BCUT2D eigenvalue weighted by molar-refractivity contribution is -0.136. The highest BCUT2D eigenvalue weighted by atomic mass is 16.3. The number of carbonyl (C=O) groups is 1. The van der Waals surface area contributed by atoms with Crippen molar-refractivity contribution in [2.75, 3.05) is 13.1 Å². The van der Waals surface area contributed by atoms with E-state index in [2.05, 4.69) is 17.1 Å². The van der Waals surface area contributed by atoms with E-state index >= 15 is 0 Å². The number of hydrogen-bond acceptors (Lipinski definition) is 4. The molecule has 1 aromatic carbocycles. The van der Waals surface area contributed by atoms with Crippen molar-refractivity contribution in [1.82, 2.24) is 14.5 Å². The first-order chi connectivity index (χ1) is 11.6. The Kier molecular flexibility index (Phi) is 5.05. The van der Waals surface area contributed by atoms with Crippen molar-refractivity contribution < 1.29 is 9.90 Å². The first-order valence-corrected chi connectivity index (χ1v) is 8.14. The van der Waals surface area contributed by atoms with Gasteiger partial charge in [-0.05, 0) is 30.4 Å². The zero-order chi connectivity index (χ0) is 16.9. The molecule has 1 amide bonds. The third-order valence-corrected chi connectivity index (χ3v) is 4.50. The molecule has 0 spiro atoms. The van der Waals surface area contributed by atoms with Crippen molar-refractivity contribution in [3.05, 3.63) is 64.8 Å². The minimum absolute atomic E-state index is 0.0389. The highest BCUT2D eigenvalue weighted by Gasteiger charge is 2.30. The van der Waals surface area contributed by atoms with Gasteiger partial charge in [0.2, 0.25) is 5.91 Å². The molecule has 6 heteroatoms. The van der Waals surface area contributed by atoms with Gasteiger partial charge in [-0.2, -0.15) is 0 Å².